The number of nitrogens with zero attached hydrogens (tertiary/aromatic N) is 2. The van der Waals surface area contributed by atoms with E-state index >= 15 is 0 Å². The zero-order valence-corrected chi connectivity index (χ0v) is 41.2. The normalized spacial score (nSPS) is 33.4. The lowest BCUT2D eigenvalue weighted by Crippen LogP contribution is -2.40. The second-order valence-corrected chi connectivity index (χ2v) is 22.1. The summed E-state index contributed by atoms with van der Waals surface area (Å²) in [6, 6.07) is 7.80. The van der Waals surface area contributed by atoms with E-state index in [1.54, 1.807) is 12.4 Å². The van der Waals surface area contributed by atoms with Gasteiger partial charge in [-0.15, -0.1) is 0 Å². The van der Waals surface area contributed by atoms with E-state index in [1.807, 2.05) is 79.7 Å². The molecule has 366 valence electrons. The molecule has 6 fully saturated rings. The molecule has 2 aromatic rings. The van der Waals surface area contributed by atoms with Gasteiger partial charge in [0.15, 0.2) is 35.7 Å². The third-order valence-electron chi connectivity index (χ3n) is 12.7. The molecule has 0 saturated carbocycles. The lowest BCUT2D eigenvalue weighted by atomic mass is 9.85. The van der Waals surface area contributed by atoms with Gasteiger partial charge in [-0.25, -0.2) is 0 Å². The number of rotatable bonds is 13. The van der Waals surface area contributed by atoms with Crippen LogP contribution in [0.5, 0.6) is 11.5 Å². The van der Waals surface area contributed by atoms with E-state index in [9.17, 15) is 10.2 Å². The molecular weight excluding hydrogens is 853 g/mol. The Balaban J connectivity index is 0.921. The van der Waals surface area contributed by atoms with Crippen molar-refractivity contribution < 1.29 is 67.1 Å². The van der Waals surface area contributed by atoms with Gasteiger partial charge in [0.2, 0.25) is 0 Å². The van der Waals surface area contributed by atoms with Crippen LogP contribution < -0.4 is 0 Å². The summed E-state index contributed by atoms with van der Waals surface area (Å²) >= 11 is 0. The van der Waals surface area contributed by atoms with Gasteiger partial charge in [-0.1, -0.05) is 41.5 Å². The van der Waals surface area contributed by atoms with Crippen molar-refractivity contribution in [3.8, 4) is 11.5 Å². The fraction of sp³-hybridized carbons (Fsp3) is 0.720. The van der Waals surface area contributed by atoms with Crippen LogP contribution in [0, 0.1) is 0 Å². The van der Waals surface area contributed by atoms with Gasteiger partial charge in [-0.3, -0.25) is 9.98 Å². The second-order valence-electron chi connectivity index (χ2n) is 22.1. The first-order valence-corrected chi connectivity index (χ1v) is 23.3. The third kappa shape index (κ3) is 10.9. The molecule has 0 spiro atoms. The van der Waals surface area contributed by atoms with Gasteiger partial charge in [0.1, 0.15) is 60.3 Å². The van der Waals surface area contributed by atoms with E-state index in [0.29, 0.717) is 48.6 Å². The van der Waals surface area contributed by atoms with Crippen LogP contribution >= 0.6 is 0 Å². The third-order valence-corrected chi connectivity index (χ3v) is 12.7. The summed E-state index contributed by atoms with van der Waals surface area (Å²) in [7, 11) is 0. The number of aliphatic imine (C=N–C) groups is 2. The maximum atomic E-state index is 11.6. The molecule has 16 nitrogen and oxygen atoms in total. The summed E-state index contributed by atoms with van der Waals surface area (Å²) in [6.45, 7) is 29.2. The topological polar surface area (TPSA) is 176 Å². The number of ether oxygens (including phenoxy) is 12. The van der Waals surface area contributed by atoms with E-state index in [2.05, 4.69) is 51.5 Å². The summed E-state index contributed by atoms with van der Waals surface area (Å²) in [5.41, 5.74) is 3.84. The van der Waals surface area contributed by atoms with E-state index < -0.39 is 72.4 Å². The smallest absolute Gasteiger partial charge is 0.187 e. The minimum atomic E-state index is -0.830. The summed E-state index contributed by atoms with van der Waals surface area (Å²) in [5, 5.41) is 23.1. The molecule has 0 amide bonds. The number of aromatic hydroxyl groups is 2. The van der Waals surface area contributed by atoms with Gasteiger partial charge >= 0.3 is 0 Å². The maximum Gasteiger partial charge on any atom is 0.187 e. The number of phenolic OH excluding ortho intramolecular Hbond substituents is 2. The molecule has 6 aliphatic rings. The van der Waals surface area contributed by atoms with Crippen LogP contribution in [0.15, 0.2) is 34.3 Å². The van der Waals surface area contributed by atoms with Crippen LogP contribution in [0.4, 0.5) is 0 Å². The highest BCUT2D eigenvalue weighted by atomic mass is 16.8. The molecule has 0 unspecified atom stereocenters. The number of hydrogen-bond donors (Lipinski definition) is 2. The minimum absolute atomic E-state index is 0.0575. The summed E-state index contributed by atoms with van der Waals surface area (Å²) in [5.74, 6) is -3.00. The molecule has 10 atom stereocenters. The molecule has 16 heteroatoms. The van der Waals surface area contributed by atoms with Crippen LogP contribution in [0.1, 0.15) is 130 Å². The Labute approximate surface area is 389 Å². The minimum Gasteiger partial charge on any atom is -0.507 e. The lowest BCUT2D eigenvalue weighted by molar-refractivity contribution is -0.250. The van der Waals surface area contributed by atoms with E-state index in [0.717, 1.165) is 11.1 Å². The molecular formula is C50H72N2O14. The van der Waals surface area contributed by atoms with Crippen molar-refractivity contribution >= 4 is 12.4 Å². The molecule has 0 radical (unpaired) electrons. The predicted molar refractivity (Wildman–Crippen MR) is 243 cm³/mol. The second kappa shape index (κ2) is 18.0. The quantitative estimate of drug-likeness (QED) is 0.154. The summed E-state index contributed by atoms with van der Waals surface area (Å²) in [6.07, 6.45) is -1.65. The summed E-state index contributed by atoms with van der Waals surface area (Å²) in [4.78, 5) is 9.30. The van der Waals surface area contributed by atoms with Crippen molar-refractivity contribution in [2.75, 3.05) is 26.3 Å². The Morgan fingerprint density at radius 1 is 0.530 bits per heavy atom. The van der Waals surface area contributed by atoms with Crippen LogP contribution in [0.3, 0.4) is 0 Å². The number of fused-ring (bicyclic) bond motifs is 2. The number of hydrogen-bond acceptors (Lipinski definition) is 16. The average molecular weight is 925 g/mol. The van der Waals surface area contributed by atoms with Crippen LogP contribution in [-0.4, -0.2) is 134 Å². The standard InChI is InChI=1S/C50H72N2O14/c1-45(2,3)31-17-27(35(53)29(19-31)23-55-43-41-39(63-49(11,12)65-41)37(59-43)33-25-57-47(7,8)61-33)21-51-15-16-52-22-28-18-32(46(4,5)6)20-30(36(28)54)24-56-44-42-40(64-50(13,14)66-42)38(60-44)34-26-58-48(9,10)62-34/h17-22,33-34,37-44,53-54H,15-16,23-26H2,1-14H3/t33-,34-,37-,38-,39+,40+,41+,42+,43-,44-/m1/s1. The van der Waals surface area contributed by atoms with Gasteiger partial charge in [0.25, 0.3) is 0 Å². The molecule has 0 bridgehead atoms. The number of phenols is 2. The van der Waals surface area contributed by atoms with Gasteiger partial charge in [0.05, 0.1) is 39.5 Å². The van der Waals surface area contributed by atoms with Crippen molar-refractivity contribution in [2.45, 2.75) is 206 Å². The van der Waals surface area contributed by atoms with Crippen molar-refractivity contribution in [2.24, 2.45) is 9.98 Å². The van der Waals surface area contributed by atoms with E-state index in [4.69, 9.17) is 56.8 Å². The Morgan fingerprint density at radius 3 is 1.23 bits per heavy atom. The molecule has 6 saturated heterocycles. The zero-order chi connectivity index (χ0) is 47.8. The Kier molecular flexibility index (Phi) is 13.5. The lowest BCUT2D eigenvalue weighted by Gasteiger charge is -2.27. The maximum absolute atomic E-state index is 11.6. The fourth-order valence-electron chi connectivity index (χ4n) is 9.31. The highest BCUT2D eigenvalue weighted by molar-refractivity contribution is 5.85. The average Bonchev–Trinajstić information content (AvgIpc) is 4.03. The van der Waals surface area contributed by atoms with E-state index in [-0.39, 0.29) is 47.8 Å². The van der Waals surface area contributed by atoms with Crippen molar-refractivity contribution in [1.29, 1.82) is 0 Å². The van der Waals surface area contributed by atoms with E-state index in [1.165, 1.54) is 0 Å². The fourth-order valence-corrected chi connectivity index (χ4v) is 9.31. The van der Waals surface area contributed by atoms with Gasteiger partial charge in [-0.2, -0.15) is 0 Å². The predicted octanol–water partition coefficient (Wildman–Crippen LogP) is 7.06. The molecule has 66 heavy (non-hydrogen) atoms. The zero-order valence-electron chi connectivity index (χ0n) is 41.2. The molecule has 2 N–H and O–H groups in total. The Hall–Kier alpha value is -3.10. The molecule has 0 aliphatic carbocycles. The molecule has 0 aromatic heterocycles. The van der Waals surface area contributed by atoms with Crippen molar-refractivity contribution in [1.82, 2.24) is 0 Å². The monoisotopic (exact) mass is 924 g/mol. The molecule has 8 rings (SSSR count). The van der Waals surface area contributed by atoms with Gasteiger partial charge < -0.3 is 67.1 Å². The van der Waals surface area contributed by atoms with Crippen LogP contribution in [0.2, 0.25) is 0 Å². The van der Waals surface area contributed by atoms with Crippen LogP contribution in [0.25, 0.3) is 0 Å². The van der Waals surface area contributed by atoms with Crippen LogP contribution in [-0.2, 0) is 80.9 Å². The number of benzene rings is 2. The van der Waals surface area contributed by atoms with Crippen molar-refractivity contribution in [3.05, 3.63) is 57.6 Å². The molecule has 2 aromatic carbocycles. The molecule has 6 heterocycles. The largest absolute Gasteiger partial charge is 0.507 e. The Bertz CT molecular complexity index is 1990. The highest BCUT2D eigenvalue weighted by Crippen LogP contribution is 2.45. The SMILES string of the molecule is CC1(C)O[C@@H]2[C@H](O1)[C@H](OCc1cc(C(C)(C)C)cc(C=NCCN=Cc3cc(C(C)(C)C)cc(CO[C@@H]4O[C@H]([C@H]5COC(C)(C)O5)[C@@H]5OC(C)(C)O[C@H]45)c3O)c1O)O[C@@H]2[C@H]1COC(C)(C)O1. The summed E-state index contributed by atoms with van der Waals surface area (Å²) < 4.78 is 74.6. The van der Waals surface area contributed by atoms with Gasteiger partial charge in [0, 0.05) is 34.7 Å². The molecule has 6 aliphatic heterocycles. The van der Waals surface area contributed by atoms with Gasteiger partial charge in [-0.05, 0) is 102 Å². The first-order chi connectivity index (χ1) is 30.7. The highest BCUT2D eigenvalue weighted by Gasteiger charge is 2.61. The van der Waals surface area contributed by atoms with Crippen molar-refractivity contribution in [3.63, 3.8) is 0 Å². The first-order valence-electron chi connectivity index (χ1n) is 23.3. The first kappa shape index (κ1) is 49.3. The Morgan fingerprint density at radius 2 is 0.894 bits per heavy atom.